The van der Waals surface area contributed by atoms with E-state index < -0.39 is 10.1 Å². The summed E-state index contributed by atoms with van der Waals surface area (Å²) in [4.78, 5) is 0. The second kappa shape index (κ2) is 7.20. The van der Waals surface area contributed by atoms with Crippen molar-refractivity contribution in [1.82, 2.24) is 0 Å². The average molecular weight is 226 g/mol. The van der Waals surface area contributed by atoms with Gasteiger partial charge in [-0.15, -0.1) is 0 Å². The van der Waals surface area contributed by atoms with Gasteiger partial charge in [0.2, 0.25) is 0 Å². The Hall–Kier alpha value is -0.130. The van der Waals surface area contributed by atoms with Crippen LogP contribution >= 0.6 is 0 Å². The summed E-state index contributed by atoms with van der Waals surface area (Å²) in [5.41, 5.74) is 0. The molecule has 88 valence electrons. The van der Waals surface area contributed by atoms with Gasteiger partial charge in [0.25, 0.3) is 10.1 Å². The molecule has 0 aliphatic carbocycles. The fourth-order valence-corrected chi connectivity index (χ4v) is 1.34. The zero-order valence-corrected chi connectivity index (χ0v) is 10.8. The highest BCUT2D eigenvalue weighted by atomic mass is 32.2. The molecule has 4 nitrogen and oxygen atoms in total. The predicted molar refractivity (Wildman–Crippen MR) is 59.9 cm³/mol. The molecular weight excluding hydrogens is 202 g/mol. The van der Waals surface area contributed by atoms with Crippen LogP contribution in [0.4, 0.5) is 0 Å². The van der Waals surface area contributed by atoms with E-state index in [0.717, 1.165) is 0 Å². The minimum atomic E-state index is -3.67. The molecule has 0 amide bonds. The van der Waals surface area contributed by atoms with Crippen molar-refractivity contribution in [2.75, 3.05) is 32.4 Å². The molecule has 0 rings (SSSR count). The van der Waals surface area contributed by atoms with Crippen molar-refractivity contribution in [2.24, 2.45) is 0 Å². The molecule has 0 aromatic heterocycles. The number of rotatable bonds is 4. The van der Waals surface area contributed by atoms with Crippen molar-refractivity contribution < 1.29 is 17.5 Å². The van der Waals surface area contributed by atoms with E-state index in [4.69, 9.17) is 4.55 Å². The fraction of sp³-hybridized carbons (Fsp3) is 1.00. The standard InChI is InChI=1S/C8H20N.CH4O3S/c1-5-9(6-2,7-3)8-4;1-5(2,3)4/h5-8H2,1-4H3;1H3,(H,2,3,4)/q+1;. The van der Waals surface area contributed by atoms with E-state index in [9.17, 15) is 8.42 Å². The molecule has 0 saturated carbocycles. The van der Waals surface area contributed by atoms with Gasteiger partial charge in [0.1, 0.15) is 0 Å². The number of hydrogen-bond donors (Lipinski definition) is 1. The lowest BCUT2D eigenvalue weighted by Crippen LogP contribution is -2.47. The molecule has 0 fully saturated rings. The van der Waals surface area contributed by atoms with Crippen LogP contribution in [0.15, 0.2) is 0 Å². The second-order valence-corrected chi connectivity index (χ2v) is 4.81. The molecule has 0 aromatic carbocycles. The van der Waals surface area contributed by atoms with Crippen LogP contribution in [0.1, 0.15) is 27.7 Å². The molecule has 0 saturated heterocycles. The SMILES string of the molecule is CC[N+](CC)(CC)CC.CS(=O)(=O)O. The Labute approximate surface area is 88.3 Å². The van der Waals surface area contributed by atoms with Crippen LogP contribution in [0.5, 0.6) is 0 Å². The molecule has 0 unspecified atom stereocenters. The summed E-state index contributed by atoms with van der Waals surface area (Å²) in [7, 11) is -3.67. The minimum absolute atomic E-state index is 0.715. The average Bonchev–Trinajstić information content (AvgIpc) is 2.07. The third-order valence-corrected chi connectivity index (χ3v) is 2.68. The van der Waals surface area contributed by atoms with Crippen LogP contribution in [-0.2, 0) is 10.1 Å². The van der Waals surface area contributed by atoms with Gasteiger partial charge >= 0.3 is 0 Å². The Balaban J connectivity index is 0. The van der Waals surface area contributed by atoms with Gasteiger partial charge in [0, 0.05) is 0 Å². The lowest BCUT2D eigenvalue weighted by molar-refractivity contribution is -0.921. The highest BCUT2D eigenvalue weighted by molar-refractivity contribution is 7.85. The number of nitrogens with zero attached hydrogens (tertiary/aromatic N) is 1. The Morgan fingerprint density at radius 3 is 1.07 bits per heavy atom. The molecule has 14 heavy (non-hydrogen) atoms. The van der Waals surface area contributed by atoms with Gasteiger partial charge in [-0.25, -0.2) is 0 Å². The van der Waals surface area contributed by atoms with E-state index >= 15 is 0 Å². The summed E-state index contributed by atoms with van der Waals surface area (Å²) < 4.78 is 27.1. The lowest BCUT2D eigenvalue weighted by Gasteiger charge is -2.34. The van der Waals surface area contributed by atoms with Crippen molar-refractivity contribution >= 4 is 10.1 Å². The third-order valence-electron chi connectivity index (χ3n) is 2.68. The highest BCUT2D eigenvalue weighted by Crippen LogP contribution is 2.03. The smallest absolute Gasteiger partial charge is 0.261 e. The first-order valence-corrected chi connectivity index (χ1v) is 6.87. The van der Waals surface area contributed by atoms with Gasteiger partial charge < -0.3 is 4.48 Å². The van der Waals surface area contributed by atoms with E-state index in [-0.39, 0.29) is 0 Å². The van der Waals surface area contributed by atoms with E-state index in [1.54, 1.807) is 0 Å². The van der Waals surface area contributed by atoms with Crippen LogP contribution in [0.3, 0.4) is 0 Å². The maximum atomic E-state index is 9.19. The Morgan fingerprint density at radius 1 is 0.929 bits per heavy atom. The van der Waals surface area contributed by atoms with E-state index in [0.29, 0.717) is 6.26 Å². The number of quaternary nitrogens is 1. The zero-order chi connectivity index (χ0) is 11.8. The second-order valence-electron chi connectivity index (χ2n) is 3.34. The van der Waals surface area contributed by atoms with Gasteiger partial charge in [0.15, 0.2) is 0 Å². The Morgan fingerprint density at radius 2 is 1.07 bits per heavy atom. The van der Waals surface area contributed by atoms with E-state index in [1.807, 2.05) is 0 Å². The van der Waals surface area contributed by atoms with Gasteiger partial charge in [0.05, 0.1) is 32.4 Å². The summed E-state index contributed by atoms with van der Waals surface area (Å²) in [5, 5.41) is 0. The lowest BCUT2D eigenvalue weighted by atomic mass is 10.3. The molecule has 0 aromatic rings. The largest absolute Gasteiger partial charge is 0.325 e. The van der Waals surface area contributed by atoms with Gasteiger partial charge in [-0.1, -0.05) is 0 Å². The maximum absolute atomic E-state index is 9.19. The Kier molecular flexibility index (Phi) is 8.39. The predicted octanol–water partition coefficient (Wildman–Crippen LogP) is 1.39. The highest BCUT2D eigenvalue weighted by Gasteiger charge is 2.16. The first-order chi connectivity index (χ1) is 6.24. The molecule has 0 aliphatic heterocycles. The molecule has 1 N–H and O–H groups in total. The molecule has 0 atom stereocenters. The summed E-state index contributed by atoms with van der Waals surface area (Å²) in [6, 6.07) is 0. The Bertz CT molecular complexity index is 195. The van der Waals surface area contributed by atoms with Crippen molar-refractivity contribution in [3.05, 3.63) is 0 Å². The van der Waals surface area contributed by atoms with E-state index in [1.165, 1.54) is 30.7 Å². The van der Waals surface area contributed by atoms with Crippen LogP contribution in [0.2, 0.25) is 0 Å². The first-order valence-electron chi connectivity index (χ1n) is 5.02. The summed E-state index contributed by atoms with van der Waals surface area (Å²) in [6.07, 6.45) is 0.715. The van der Waals surface area contributed by atoms with Gasteiger partial charge in [-0.05, 0) is 27.7 Å². The van der Waals surface area contributed by atoms with Crippen LogP contribution in [0, 0.1) is 0 Å². The van der Waals surface area contributed by atoms with Crippen molar-refractivity contribution in [3.8, 4) is 0 Å². The van der Waals surface area contributed by atoms with E-state index in [2.05, 4.69) is 27.7 Å². The normalized spacial score (nSPS) is 11.9. The van der Waals surface area contributed by atoms with Crippen molar-refractivity contribution in [3.63, 3.8) is 0 Å². The number of hydrogen-bond acceptors (Lipinski definition) is 2. The third kappa shape index (κ3) is 9.95. The van der Waals surface area contributed by atoms with Crippen molar-refractivity contribution in [1.29, 1.82) is 0 Å². The maximum Gasteiger partial charge on any atom is 0.261 e. The molecule has 0 heterocycles. The summed E-state index contributed by atoms with van der Waals surface area (Å²) >= 11 is 0. The van der Waals surface area contributed by atoms with Crippen LogP contribution < -0.4 is 0 Å². The van der Waals surface area contributed by atoms with Gasteiger partial charge in [-0.3, -0.25) is 4.55 Å². The van der Waals surface area contributed by atoms with Gasteiger partial charge in [-0.2, -0.15) is 8.42 Å². The molecular formula is C9H24NO3S+. The monoisotopic (exact) mass is 226 g/mol. The summed E-state index contributed by atoms with van der Waals surface area (Å²) in [6.45, 7) is 14.2. The van der Waals surface area contributed by atoms with Crippen LogP contribution in [0.25, 0.3) is 0 Å². The van der Waals surface area contributed by atoms with Crippen LogP contribution in [-0.4, -0.2) is 49.9 Å². The topological polar surface area (TPSA) is 54.4 Å². The van der Waals surface area contributed by atoms with Crippen molar-refractivity contribution in [2.45, 2.75) is 27.7 Å². The molecule has 5 heteroatoms. The first kappa shape index (κ1) is 16.3. The summed E-state index contributed by atoms with van der Waals surface area (Å²) in [5.74, 6) is 0. The quantitative estimate of drug-likeness (QED) is 0.582. The molecule has 0 radical (unpaired) electrons. The minimum Gasteiger partial charge on any atom is -0.325 e. The molecule has 0 spiro atoms. The zero-order valence-electron chi connectivity index (χ0n) is 9.95. The molecule has 0 aliphatic rings. The molecule has 0 bridgehead atoms. The fourth-order valence-electron chi connectivity index (χ4n) is 1.34.